The van der Waals surface area contributed by atoms with Crippen molar-refractivity contribution in [1.82, 2.24) is 14.8 Å². The van der Waals surface area contributed by atoms with E-state index in [0.717, 1.165) is 29.9 Å². The zero-order valence-corrected chi connectivity index (χ0v) is 16.1. The fourth-order valence-electron chi connectivity index (χ4n) is 2.97. The molecular formula is C20H21FN4O2S. The van der Waals surface area contributed by atoms with Crippen molar-refractivity contribution in [3.8, 4) is 11.4 Å². The molecule has 0 radical (unpaired) electrons. The SMILES string of the molecule is Fc1ccccc1OCCSc1nnc(N2CCOCC2)n1-c1ccccc1. The van der Waals surface area contributed by atoms with E-state index in [0.29, 0.717) is 25.6 Å². The van der Waals surface area contributed by atoms with Crippen LogP contribution in [0.1, 0.15) is 0 Å². The largest absolute Gasteiger partial charge is 0.490 e. The molecule has 0 aliphatic carbocycles. The van der Waals surface area contributed by atoms with Gasteiger partial charge in [0.2, 0.25) is 5.95 Å². The fraction of sp³-hybridized carbons (Fsp3) is 0.300. The molecule has 2 aromatic carbocycles. The molecule has 3 aromatic rings. The van der Waals surface area contributed by atoms with E-state index < -0.39 is 0 Å². The number of thioether (sulfide) groups is 1. The van der Waals surface area contributed by atoms with Crippen molar-refractivity contribution in [3.05, 3.63) is 60.4 Å². The standard InChI is InChI=1S/C20H21FN4O2S/c21-17-8-4-5-9-18(17)27-14-15-28-20-23-22-19(24-10-12-26-13-11-24)25(20)16-6-2-1-3-7-16/h1-9H,10-15H2. The van der Waals surface area contributed by atoms with Crippen molar-refractivity contribution in [1.29, 1.82) is 0 Å². The summed E-state index contributed by atoms with van der Waals surface area (Å²) < 4.78 is 26.7. The van der Waals surface area contributed by atoms with Crippen LogP contribution in [0, 0.1) is 5.82 Å². The number of halogens is 1. The highest BCUT2D eigenvalue weighted by atomic mass is 32.2. The van der Waals surface area contributed by atoms with Gasteiger partial charge in [-0.15, -0.1) is 10.2 Å². The fourth-order valence-corrected chi connectivity index (χ4v) is 3.74. The molecule has 146 valence electrons. The molecule has 0 unspecified atom stereocenters. The van der Waals surface area contributed by atoms with Crippen molar-refractivity contribution in [2.45, 2.75) is 5.16 Å². The smallest absolute Gasteiger partial charge is 0.232 e. The minimum Gasteiger partial charge on any atom is -0.490 e. The number of aromatic nitrogens is 3. The Morgan fingerprint density at radius 2 is 1.75 bits per heavy atom. The second kappa shape index (κ2) is 9.07. The number of nitrogens with zero attached hydrogens (tertiary/aromatic N) is 4. The van der Waals surface area contributed by atoms with Crippen molar-refractivity contribution < 1.29 is 13.9 Å². The van der Waals surface area contributed by atoms with Gasteiger partial charge in [0.25, 0.3) is 0 Å². The third-order valence-corrected chi connectivity index (χ3v) is 5.23. The first-order valence-electron chi connectivity index (χ1n) is 9.16. The number of hydrogen-bond donors (Lipinski definition) is 0. The van der Waals surface area contributed by atoms with E-state index in [4.69, 9.17) is 9.47 Å². The number of para-hydroxylation sites is 2. The highest BCUT2D eigenvalue weighted by molar-refractivity contribution is 7.99. The Balaban J connectivity index is 1.48. The lowest BCUT2D eigenvalue weighted by Gasteiger charge is -2.27. The number of morpholine rings is 1. The molecule has 2 heterocycles. The first-order chi connectivity index (χ1) is 13.8. The summed E-state index contributed by atoms with van der Waals surface area (Å²) in [4.78, 5) is 2.18. The third-order valence-electron chi connectivity index (χ3n) is 4.33. The molecule has 1 aliphatic rings. The molecule has 0 amide bonds. The molecule has 1 aliphatic heterocycles. The Morgan fingerprint density at radius 3 is 2.54 bits per heavy atom. The Labute approximate surface area is 167 Å². The van der Waals surface area contributed by atoms with Crippen molar-refractivity contribution in [3.63, 3.8) is 0 Å². The molecule has 0 saturated carbocycles. The molecule has 28 heavy (non-hydrogen) atoms. The Kier molecular flexibility index (Phi) is 6.08. The molecule has 1 saturated heterocycles. The Hall–Kier alpha value is -2.58. The van der Waals surface area contributed by atoms with E-state index >= 15 is 0 Å². The number of rotatable bonds is 7. The summed E-state index contributed by atoms with van der Waals surface area (Å²) in [5.41, 5.74) is 1.01. The van der Waals surface area contributed by atoms with Crippen LogP contribution in [-0.2, 0) is 4.74 Å². The summed E-state index contributed by atoms with van der Waals surface area (Å²) in [5, 5.41) is 9.60. The average molecular weight is 400 g/mol. The predicted octanol–water partition coefficient (Wildman–Crippen LogP) is 3.41. The van der Waals surface area contributed by atoms with E-state index in [2.05, 4.69) is 19.7 Å². The molecule has 0 bridgehead atoms. The topological polar surface area (TPSA) is 52.4 Å². The van der Waals surface area contributed by atoms with Crippen molar-refractivity contribution in [2.24, 2.45) is 0 Å². The molecule has 8 heteroatoms. The van der Waals surface area contributed by atoms with Gasteiger partial charge < -0.3 is 14.4 Å². The van der Waals surface area contributed by atoms with Crippen LogP contribution in [0.25, 0.3) is 5.69 Å². The number of ether oxygens (including phenoxy) is 2. The molecule has 6 nitrogen and oxygen atoms in total. The molecule has 0 atom stereocenters. The lowest BCUT2D eigenvalue weighted by atomic mass is 10.3. The lowest BCUT2D eigenvalue weighted by molar-refractivity contribution is 0.122. The summed E-state index contributed by atoms with van der Waals surface area (Å²) in [6.07, 6.45) is 0. The average Bonchev–Trinajstić information content (AvgIpc) is 3.17. The van der Waals surface area contributed by atoms with Gasteiger partial charge in [-0.25, -0.2) is 4.39 Å². The summed E-state index contributed by atoms with van der Waals surface area (Å²) in [6.45, 7) is 3.30. The molecule has 4 rings (SSSR count). The quantitative estimate of drug-likeness (QED) is 0.448. The van der Waals surface area contributed by atoms with Crippen LogP contribution >= 0.6 is 11.8 Å². The highest BCUT2D eigenvalue weighted by Crippen LogP contribution is 2.27. The number of anilines is 1. The second-order valence-electron chi connectivity index (χ2n) is 6.18. The summed E-state index contributed by atoms with van der Waals surface area (Å²) in [7, 11) is 0. The van der Waals surface area contributed by atoms with Gasteiger partial charge in [-0.1, -0.05) is 42.1 Å². The van der Waals surface area contributed by atoms with Gasteiger partial charge in [0.1, 0.15) is 0 Å². The molecule has 0 spiro atoms. The van der Waals surface area contributed by atoms with Gasteiger partial charge in [-0.2, -0.15) is 0 Å². The Bertz CT molecular complexity index is 900. The van der Waals surface area contributed by atoms with Crippen LogP contribution in [0.4, 0.5) is 10.3 Å². The van der Waals surface area contributed by atoms with Crippen LogP contribution < -0.4 is 9.64 Å². The van der Waals surface area contributed by atoms with E-state index in [1.54, 1.807) is 18.2 Å². The van der Waals surface area contributed by atoms with Crippen LogP contribution in [-0.4, -0.2) is 53.4 Å². The number of benzene rings is 2. The van der Waals surface area contributed by atoms with Crippen LogP contribution in [0.3, 0.4) is 0 Å². The van der Waals surface area contributed by atoms with Crippen LogP contribution in [0.5, 0.6) is 5.75 Å². The maximum absolute atomic E-state index is 13.7. The zero-order valence-electron chi connectivity index (χ0n) is 15.3. The van der Waals surface area contributed by atoms with E-state index in [1.165, 1.54) is 17.8 Å². The lowest BCUT2D eigenvalue weighted by Crippen LogP contribution is -2.37. The van der Waals surface area contributed by atoms with Gasteiger partial charge in [0.15, 0.2) is 16.7 Å². The van der Waals surface area contributed by atoms with Crippen molar-refractivity contribution in [2.75, 3.05) is 43.6 Å². The predicted molar refractivity (Wildman–Crippen MR) is 107 cm³/mol. The minimum absolute atomic E-state index is 0.265. The first-order valence-corrected chi connectivity index (χ1v) is 10.1. The Morgan fingerprint density at radius 1 is 1.00 bits per heavy atom. The van der Waals surface area contributed by atoms with Gasteiger partial charge in [-0.05, 0) is 24.3 Å². The molecule has 0 N–H and O–H groups in total. The van der Waals surface area contributed by atoms with Crippen LogP contribution in [0.2, 0.25) is 0 Å². The third kappa shape index (κ3) is 4.28. The second-order valence-corrected chi connectivity index (χ2v) is 7.24. The maximum atomic E-state index is 13.7. The van der Waals surface area contributed by atoms with Gasteiger partial charge in [-0.3, -0.25) is 4.57 Å². The van der Waals surface area contributed by atoms with Crippen LogP contribution in [0.15, 0.2) is 59.8 Å². The van der Waals surface area contributed by atoms with Crippen molar-refractivity contribution >= 4 is 17.7 Å². The van der Waals surface area contributed by atoms with Gasteiger partial charge >= 0.3 is 0 Å². The van der Waals surface area contributed by atoms with E-state index in [1.807, 2.05) is 30.3 Å². The maximum Gasteiger partial charge on any atom is 0.232 e. The van der Waals surface area contributed by atoms with Gasteiger partial charge in [0.05, 0.1) is 25.5 Å². The molecular weight excluding hydrogens is 379 g/mol. The minimum atomic E-state index is -0.352. The normalized spacial score (nSPS) is 14.2. The highest BCUT2D eigenvalue weighted by Gasteiger charge is 2.21. The summed E-state index contributed by atoms with van der Waals surface area (Å²) in [5.74, 6) is 1.35. The van der Waals surface area contributed by atoms with Gasteiger partial charge in [0, 0.05) is 18.8 Å². The monoisotopic (exact) mass is 400 g/mol. The zero-order chi connectivity index (χ0) is 19.2. The summed E-state index contributed by atoms with van der Waals surface area (Å²) in [6, 6.07) is 16.5. The first kappa shape index (κ1) is 18.8. The summed E-state index contributed by atoms with van der Waals surface area (Å²) >= 11 is 1.54. The molecule has 1 fully saturated rings. The van der Waals surface area contributed by atoms with E-state index in [9.17, 15) is 4.39 Å². The molecule has 1 aromatic heterocycles. The van der Waals surface area contributed by atoms with E-state index in [-0.39, 0.29) is 11.6 Å². The number of hydrogen-bond acceptors (Lipinski definition) is 6.